The molecule has 1 N–H and O–H groups in total. The summed E-state index contributed by atoms with van der Waals surface area (Å²) in [5.41, 5.74) is -0.184. The maximum Gasteiger partial charge on any atom is 0.418 e. The van der Waals surface area contributed by atoms with Gasteiger partial charge in [0.25, 0.3) is 5.91 Å². The summed E-state index contributed by atoms with van der Waals surface area (Å²) in [4.78, 5) is 16.8. The van der Waals surface area contributed by atoms with Gasteiger partial charge in [-0.05, 0) is 49.2 Å². The van der Waals surface area contributed by atoms with Crippen LogP contribution < -0.4 is 14.8 Å². The Morgan fingerprint density at radius 2 is 1.88 bits per heavy atom. The Balaban J connectivity index is 2.09. The Morgan fingerprint density at radius 3 is 2.50 bits per heavy atom. The predicted octanol–water partition coefficient (Wildman–Crippen LogP) is 5.64. The Morgan fingerprint density at radius 1 is 1.12 bits per heavy atom. The fourth-order valence-corrected chi connectivity index (χ4v) is 3.05. The number of hydrogen-bond donors (Lipinski definition) is 1. The molecule has 0 aliphatic rings. The lowest BCUT2D eigenvalue weighted by atomic mass is 10.0. The molecule has 0 saturated heterocycles. The lowest BCUT2D eigenvalue weighted by Gasteiger charge is -2.18. The van der Waals surface area contributed by atoms with Crippen LogP contribution in [0.3, 0.4) is 0 Å². The average molecular weight is 441 g/mol. The first-order valence-electron chi connectivity index (χ1n) is 9.35. The van der Waals surface area contributed by atoms with Crippen molar-refractivity contribution >= 4 is 11.6 Å². The van der Waals surface area contributed by atoms with Gasteiger partial charge in [-0.25, -0.2) is 4.98 Å². The zero-order valence-electron chi connectivity index (χ0n) is 17.4. The van der Waals surface area contributed by atoms with Crippen LogP contribution in [-0.2, 0) is 6.18 Å². The van der Waals surface area contributed by atoms with Crippen molar-refractivity contribution in [3.63, 3.8) is 0 Å². The molecule has 0 aliphatic carbocycles. The number of benzene rings is 2. The molecule has 0 saturated carbocycles. The number of halogens is 3. The molecular weight excluding hydrogens is 423 g/mol. The van der Waals surface area contributed by atoms with Gasteiger partial charge in [-0.15, -0.1) is 0 Å². The van der Waals surface area contributed by atoms with Gasteiger partial charge in [0.05, 0.1) is 24.3 Å². The van der Waals surface area contributed by atoms with Gasteiger partial charge in [0.2, 0.25) is 5.88 Å². The van der Waals surface area contributed by atoms with E-state index in [-0.39, 0.29) is 28.5 Å². The molecule has 1 amide bonds. The van der Waals surface area contributed by atoms with E-state index in [0.717, 1.165) is 5.56 Å². The number of nitrogens with one attached hydrogen (secondary N) is 1. The summed E-state index contributed by atoms with van der Waals surface area (Å²) >= 11 is 0. The van der Waals surface area contributed by atoms with E-state index >= 15 is 0 Å². The lowest BCUT2D eigenvalue weighted by Crippen LogP contribution is -2.19. The molecule has 0 bridgehead atoms. The third kappa shape index (κ3) is 4.81. The number of hydrogen-bond acceptors (Lipinski definition) is 5. The molecule has 0 unspecified atom stereocenters. The van der Waals surface area contributed by atoms with Crippen molar-refractivity contribution < 1.29 is 27.4 Å². The van der Waals surface area contributed by atoms with Crippen molar-refractivity contribution in [2.45, 2.75) is 20.0 Å². The van der Waals surface area contributed by atoms with E-state index in [1.807, 2.05) is 19.1 Å². The van der Waals surface area contributed by atoms with E-state index in [2.05, 4.69) is 10.3 Å². The summed E-state index contributed by atoms with van der Waals surface area (Å²) in [6.07, 6.45) is -4.09. The van der Waals surface area contributed by atoms with Crippen LogP contribution in [-0.4, -0.2) is 18.0 Å². The van der Waals surface area contributed by atoms with Crippen molar-refractivity contribution in [1.29, 1.82) is 5.26 Å². The Kier molecular flexibility index (Phi) is 6.35. The fourth-order valence-electron chi connectivity index (χ4n) is 3.05. The van der Waals surface area contributed by atoms with Gasteiger partial charge in [0.15, 0.2) is 11.5 Å². The summed E-state index contributed by atoms with van der Waals surface area (Å²) in [5.74, 6) is -0.894. The number of nitriles is 1. The third-order valence-electron chi connectivity index (χ3n) is 4.61. The zero-order valence-corrected chi connectivity index (χ0v) is 17.4. The highest BCUT2D eigenvalue weighted by Crippen LogP contribution is 2.38. The topological polar surface area (TPSA) is 84.2 Å². The molecule has 1 heterocycles. The molecule has 0 fully saturated rings. The molecule has 32 heavy (non-hydrogen) atoms. The molecule has 2 aromatic carbocycles. The van der Waals surface area contributed by atoms with Crippen molar-refractivity contribution in [2.24, 2.45) is 0 Å². The maximum absolute atomic E-state index is 13.5. The van der Waals surface area contributed by atoms with Crippen molar-refractivity contribution in [3.8, 4) is 23.4 Å². The number of rotatable bonds is 5. The Labute approximate surface area is 182 Å². The van der Waals surface area contributed by atoms with Crippen LogP contribution in [0.15, 0.2) is 48.7 Å². The highest BCUT2D eigenvalue weighted by Gasteiger charge is 2.36. The minimum absolute atomic E-state index is 0.0859. The van der Waals surface area contributed by atoms with Crippen LogP contribution in [0.2, 0.25) is 0 Å². The van der Waals surface area contributed by atoms with Gasteiger partial charge in [-0.3, -0.25) is 4.79 Å². The second-order valence-corrected chi connectivity index (χ2v) is 6.88. The van der Waals surface area contributed by atoms with Crippen molar-refractivity contribution in [3.05, 3.63) is 76.5 Å². The zero-order chi connectivity index (χ0) is 23.5. The fraction of sp³-hybridized carbons (Fsp3) is 0.174. The molecule has 3 aromatic rings. The number of amides is 1. The second-order valence-electron chi connectivity index (χ2n) is 6.88. The summed E-state index contributed by atoms with van der Waals surface area (Å²) in [5, 5.41) is 11.6. The predicted molar refractivity (Wildman–Crippen MR) is 111 cm³/mol. The Hall–Kier alpha value is -4.06. The summed E-state index contributed by atoms with van der Waals surface area (Å²) in [6.45, 7) is 3.00. The first-order chi connectivity index (χ1) is 15.1. The number of methoxy groups -OCH3 is 1. The van der Waals surface area contributed by atoms with E-state index in [4.69, 9.17) is 14.7 Å². The van der Waals surface area contributed by atoms with E-state index < -0.39 is 17.6 Å². The standard InChI is InChI=1S/C23H18F3N3O3/c1-13-5-4-6-16(9-13)29-21(30)20-14(2)17(23(24,25)26)12-28-22(20)32-18-8-7-15(11-27)10-19(18)31-3/h4-10,12H,1-3H3,(H,29,30). The third-order valence-corrected chi connectivity index (χ3v) is 4.61. The van der Waals surface area contributed by atoms with Gasteiger partial charge in [-0.1, -0.05) is 12.1 Å². The van der Waals surface area contributed by atoms with Crippen LogP contribution in [0.25, 0.3) is 0 Å². The van der Waals surface area contributed by atoms with Crippen LogP contribution in [0.5, 0.6) is 17.4 Å². The number of alkyl halides is 3. The van der Waals surface area contributed by atoms with E-state index in [0.29, 0.717) is 17.4 Å². The van der Waals surface area contributed by atoms with E-state index in [9.17, 15) is 18.0 Å². The highest BCUT2D eigenvalue weighted by molar-refractivity contribution is 6.07. The molecule has 0 atom stereocenters. The number of nitrogens with zero attached hydrogens (tertiary/aromatic N) is 2. The first-order valence-corrected chi connectivity index (χ1v) is 9.35. The quantitative estimate of drug-likeness (QED) is 0.554. The lowest BCUT2D eigenvalue weighted by molar-refractivity contribution is -0.138. The number of carbonyl (C=O) groups is 1. The first kappa shape index (κ1) is 22.6. The van der Waals surface area contributed by atoms with Gasteiger partial charge >= 0.3 is 6.18 Å². The van der Waals surface area contributed by atoms with E-state index in [1.54, 1.807) is 18.2 Å². The molecule has 9 heteroatoms. The van der Waals surface area contributed by atoms with E-state index in [1.165, 1.54) is 32.2 Å². The number of pyridine rings is 1. The summed E-state index contributed by atoms with van der Waals surface area (Å²) < 4.78 is 51.3. The minimum Gasteiger partial charge on any atom is -0.493 e. The molecule has 1 aromatic heterocycles. The largest absolute Gasteiger partial charge is 0.493 e. The monoisotopic (exact) mass is 441 g/mol. The number of carbonyl (C=O) groups excluding carboxylic acids is 1. The Bertz CT molecular complexity index is 1220. The van der Waals surface area contributed by atoms with Crippen molar-refractivity contribution in [2.75, 3.05) is 12.4 Å². The number of aryl methyl sites for hydroxylation is 1. The average Bonchev–Trinajstić information content (AvgIpc) is 2.73. The smallest absolute Gasteiger partial charge is 0.418 e. The van der Waals surface area contributed by atoms with Crippen LogP contribution >= 0.6 is 0 Å². The normalized spacial score (nSPS) is 10.9. The second kappa shape index (κ2) is 8.98. The SMILES string of the molecule is COc1cc(C#N)ccc1Oc1ncc(C(F)(F)F)c(C)c1C(=O)Nc1cccc(C)c1. The van der Waals surface area contributed by atoms with Crippen LogP contribution in [0.4, 0.5) is 18.9 Å². The number of anilines is 1. The van der Waals surface area contributed by atoms with Crippen molar-refractivity contribution in [1.82, 2.24) is 4.98 Å². The van der Waals surface area contributed by atoms with Gasteiger partial charge in [-0.2, -0.15) is 18.4 Å². The molecule has 3 rings (SSSR count). The maximum atomic E-state index is 13.5. The molecule has 6 nitrogen and oxygen atoms in total. The highest BCUT2D eigenvalue weighted by atomic mass is 19.4. The van der Waals surface area contributed by atoms with Gasteiger partial charge in [0, 0.05) is 18.0 Å². The molecule has 0 aliphatic heterocycles. The molecule has 0 radical (unpaired) electrons. The summed E-state index contributed by atoms with van der Waals surface area (Å²) in [6, 6.07) is 13.0. The minimum atomic E-state index is -4.71. The summed E-state index contributed by atoms with van der Waals surface area (Å²) in [7, 11) is 1.35. The molecule has 164 valence electrons. The molecular formula is C23H18F3N3O3. The number of aromatic nitrogens is 1. The number of ether oxygens (including phenoxy) is 2. The van der Waals surface area contributed by atoms with Gasteiger partial charge in [0.1, 0.15) is 5.56 Å². The van der Waals surface area contributed by atoms with Crippen LogP contribution in [0.1, 0.15) is 32.6 Å². The van der Waals surface area contributed by atoms with Gasteiger partial charge < -0.3 is 14.8 Å². The molecule has 0 spiro atoms. The van der Waals surface area contributed by atoms with Crippen LogP contribution in [0, 0.1) is 25.2 Å².